The lowest BCUT2D eigenvalue weighted by molar-refractivity contribution is -0.137. The lowest BCUT2D eigenvalue weighted by Gasteiger charge is -2.16. The fourth-order valence-electron chi connectivity index (χ4n) is 2.44. The fourth-order valence-corrected chi connectivity index (χ4v) is 2.50. The molecule has 8 heteroatoms. The smallest absolute Gasteiger partial charge is 0.353 e. The number of halogens is 4. The van der Waals surface area contributed by atoms with Crippen LogP contribution in [-0.4, -0.2) is 24.1 Å². The Kier molecular flexibility index (Phi) is 7.45. The van der Waals surface area contributed by atoms with Crippen molar-refractivity contribution in [2.45, 2.75) is 19.5 Å². The van der Waals surface area contributed by atoms with E-state index in [1.807, 2.05) is 33.2 Å². The van der Waals surface area contributed by atoms with Crippen LogP contribution in [0.2, 0.25) is 0 Å². The largest absolute Gasteiger partial charge is 0.416 e. The van der Waals surface area contributed by atoms with Crippen LogP contribution in [0, 0.1) is 0 Å². The molecule has 0 aliphatic carbocycles. The van der Waals surface area contributed by atoms with E-state index >= 15 is 0 Å². The van der Waals surface area contributed by atoms with Crippen molar-refractivity contribution in [3.63, 3.8) is 0 Å². The van der Waals surface area contributed by atoms with E-state index in [1.165, 1.54) is 6.07 Å². The van der Waals surface area contributed by atoms with E-state index in [1.54, 1.807) is 23.2 Å². The van der Waals surface area contributed by atoms with Crippen LogP contribution in [-0.2, 0) is 12.6 Å². The van der Waals surface area contributed by atoms with Crippen molar-refractivity contribution >= 4 is 28.9 Å². The van der Waals surface area contributed by atoms with Gasteiger partial charge >= 0.3 is 6.18 Å². The number of nitrogens with one attached hydrogen (secondary N) is 1. The molecular weight excluding hydrogens is 401 g/mol. The summed E-state index contributed by atoms with van der Waals surface area (Å²) < 4.78 is 39.0. The number of nitrogens with zero attached hydrogens (tertiary/aromatic N) is 3. The van der Waals surface area contributed by atoms with E-state index in [0.29, 0.717) is 34.5 Å². The quantitative estimate of drug-likeness (QED) is 0.547. The molecule has 0 fully saturated rings. The number of anilines is 3. The topological polar surface area (TPSA) is 41.1 Å². The van der Waals surface area contributed by atoms with Crippen LogP contribution in [0.1, 0.15) is 18.2 Å². The molecule has 2 rings (SSSR count). The highest BCUT2D eigenvalue weighted by molar-refractivity contribution is 6.30. The average Bonchev–Trinajstić information content (AvgIpc) is 2.65. The Balaban J connectivity index is 2.40. The zero-order valence-corrected chi connectivity index (χ0v) is 17.1. The van der Waals surface area contributed by atoms with Gasteiger partial charge in [-0.05, 0) is 36.8 Å². The van der Waals surface area contributed by atoms with Crippen molar-refractivity contribution in [3.05, 3.63) is 77.1 Å². The minimum Gasteiger partial charge on any atom is -0.353 e. The molecule has 154 valence electrons. The van der Waals surface area contributed by atoms with Crippen molar-refractivity contribution in [1.82, 2.24) is 9.97 Å². The lowest BCUT2D eigenvalue weighted by atomic mass is 10.1. The number of benzene rings is 1. The number of allylic oxidation sites excluding steroid dienone is 5. The van der Waals surface area contributed by atoms with Crippen molar-refractivity contribution in [1.29, 1.82) is 0 Å². The molecule has 0 aliphatic heterocycles. The standard InChI is InChI=1S/C21H22ClF3N4/c1-5-15(10-9-14(2)22)11-18-19(13-26-20(28-18)29(3)4)27-17-8-6-7-16(12-17)21(23,24)25/h5-10,12-13,27H,2,11H2,1,3-4H3/b10-9-,15-5+. The van der Waals surface area contributed by atoms with Gasteiger partial charge in [-0.15, -0.1) is 0 Å². The molecule has 0 aliphatic rings. The van der Waals surface area contributed by atoms with E-state index in [9.17, 15) is 13.2 Å². The van der Waals surface area contributed by atoms with Crippen molar-refractivity contribution in [3.8, 4) is 0 Å². The van der Waals surface area contributed by atoms with Crippen LogP contribution < -0.4 is 10.2 Å². The first-order valence-electron chi connectivity index (χ1n) is 8.75. The molecule has 29 heavy (non-hydrogen) atoms. The molecule has 1 aromatic carbocycles. The van der Waals surface area contributed by atoms with Crippen LogP contribution in [0.4, 0.5) is 30.5 Å². The van der Waals surface area contributed by atoms with Crippen molar-refractivity contribution < 1.29 is 13.2 Å². The van der Waals surface area contributed by atoms with Gasteiger partial charge < -0.3 is 10.2 Å². The summed E-state index contributed by atoms with van der Waals surface area (Å²) in [6.07, 6.45) is 2.98. The number of hydrogen-bond acceptors (Lipinski definition) is 4. The molecule has 0 saturated heterocycles. The van der Waals surface area contributed by atoms with Gasteiger partial charge in [-0.25, -0.2) is 9.97 Å². The molecule has 0 unspecified atom stereocenters. The molecule has 0 saturated carbocycles. The molecule has 0 radical (unpaired) electrons. The minimum atomic E-state index is -4.42. The highest BCUT2D eigenvalue weighted by Crippen LogP contribution is 2.32. The second-order valence-corrected chi connectivity index (χ2v) is 6.93. The Hall–Kier alpha value is -2.80. The predicted molar refractivity (Wildman–Crippen MR) is 113 cm³/mol. The third kappa shape index (κ3) is 6.64. The Morgan fingerprint density at radius 1 is 1.28 bits per heavy atom. The van der Waals surface area contributed by atoms with Crippen LogP contribution in [0.5, 0.6) is 0 Å². The van der Waals surface area contributed by atoms with E-state index in [4.69, 9.17) is 11.6 Å². The summed E-state index contributed by atoms with van der Waals surface area (Å²) >= 11 is 5.79. The number of hydrogen-bond donors (Lipinski definition) is 1. The molecule has 0 atom stereocenters. The van der Waals surface area contributed by atoms with Crippen LogP contribution in [0.15, 0.2) is 65.9 Å². The summed E-state index contributed by atoms with van der Waals surface area (Å²) in [4.78, 5) is 10.6. The van der Waals surface area contributed by atoms with Crippen molar-refractivity contribution in [2.75, 3.05) is 24.3 Å². The van der Waals surface area contributed by atoms with Gasteiger partial charge in [-0.2, -0.15) is 13.2 Å². The maximum absolute atomic E-state index is 13.0. The average molecular weight is 423 g/mol. The summed E-state index contributed by atoms with van der Waals surface area (Å²) in [7, 11) is 3.62. The van der Waals surface area contributed by atoms with E-state index in [0.717, 1.165) is 17.7 Å². The number of rotatable bonds is 7. The minimum absolute atomic E-state index is 0.300. The first-order chi connectivity index (χ1) is 13.6. The Labute approximate surface area is 173 Å². The molecule has 1 heterocycles. The third-order valence-electron chi connectivity index (χ3n) is 3.94. The second-order valence-electron chi connectivity index (χ2n) is 6.45. The molecule has 0 amide bonds. The molecular formula is C21H22ClF3N4. The van der Waals surface area contributed by atoms with Gasteiger partial charge in [0.15, 0.2) is 0 Å². The van der Waals surface area contributed by atoms with E-state index < -0.39 is 11.7 Å². The number of aromatic nitrogens is 2. The molecule has 4 nitrogen and oxygen atoms in total. The zero-order chi connectivity index (χ0) is 21.6. The van der Waals surface area contributed by atoms with Gasteiger partial charge in [0.05, 0.1) is 23.1 Å². The third-order valence-corrected chi connectivity index (χ3v) is 4.07. The molecule has 0 bridgehead atoms. The summed E-state index contributed by atoms with van der Waals surface area (Å²) in [5, 5.41) is 3.40. The highest BCUT2D eigenvalue weighted by atomic mass is 35.5. The molecule has 1 aromatic heterocycles. The fraction of sp³-hybridized carbons (Fsp3) is 0.238. The van der Waals surface area contributed by atoms with Gasteiger partial charge in [0, 0.05) is 31.2 Å². The predicted octanol–water partition coefficient (Wildman–Crippen LogP) is 6.10. The van der Waals surface area contributed by atoms with E-state index in [2.05, 4.69) is 21.9 Å². The van der Waals surface area contributed by atoms with E-state index in [-0.39, 0.29) is 0 Å². The molecule has 2 aromatic rings. The van der Waals surface area contributed by atoms with Gasteiger partial charge in [0.25, 0.3) is 0 Å². The Bertz CT molecular complexity index is 934. The monoisotopic (exact) mass is 422 g/mol. The van der Waals surface area contributed by atoms with Crippen LogP contribution in [0.25, 0.3) is 0 Å². The highest BCUT2D eigenvalue weighted by Gasteiger charge is 2.30. The van der Waals surface area contributed by atoms with Crippen LogP contribution in [0.3, 0.4) is 0 Å². The lowest BCUT2D eigenvalue weighted by Crippen LogP contribution is -2.14. The van der Waals surface area contributed by atoms with Gasteiger partial charge in [0.1, 0.15) is 0 Å². The summed E-state index contributed by atoms with van der Waals surface area (Å²) in [5.74, 6) is 0.496. The molecule has 1 N–H and O–H groups in total. The van der Waals surface area contributed by atoms with Gasteiger partial charge in [-0.1, -0.05) is 36.4 Å². The maximum Gasteiger partial charge on any atom is 0.416 e. The number of alkyl halides is 3. The maximum atomic E-state index is 13.0. The molecule has 0 spiro atoms. The van der Waals surface area contributed by atoms with Crippen molar-refractivity contribution in [2.24, 2.45) is 0 Å². The summed E-state index contributed by atoms with van der Waals surface area (Å²) in [6.45, 7) is 5.50. The Morgan fingerprint density at radius 2 is 2.00 bits per heavy atom. The summed E-state index contributed by atoms with van der Waals surface area (Å²) in [6, 6.07) is 5.00. The SMILES string of the molecule is C=C(Cl)/C=C\C(=C/C)Cc1nc(N(C)C)ncc1Nc1cccc(C(F)(F)F)c1. The normalized spacial score (nSPS) is 12.3. The second kappa shape index (κ2) is 9.60. The van der Waals surface area contributed by atoms with Gasteiger partial charge in [-0.3, -0.25) is 0 Å². The first kappa shape index (κ1) is 22.5. The zero-order valence-electron chi connectivity index (χ0n) is 16.4. The van der Waals surface area contributed by atoms with Gasteiger partial charge in [0.2, 0.25) is 5.95 Å². The Morgan fingerprint density at radius 3 is 2.59 bits per heavy atom. The summed E-state index contributed by atoms with van der Waals surface area (Å²) in [5.41, 5.74) is 1.65. The van der Waals surface area contributed by atoms with Crippen LogP contribution >= 0.6 is 11.6 Å². The first-order valence-corrected chi connectivity index (χ1v) is 9.13.